The molecule has 0 radical (unpaired) electrons. The van der Waals surface area contributed by atoms with Crippen LogP contribution in [0.1, 0.15) is 39.4 Å². The van der Waals surface area contributed by atoms with Crippen LogP contribution in [0, 0.1) is 11.8 Å². The van der Waals surface area contributed by atoms with Crippen LogP contribution in [-0.2, 0) is 4.74 Å². The Morgan fingerprint density at radius 3 is 2.38 bits per heavy atom. The summed E-state index contributed by atoms with van der Waals surface area (Å²) >= 11 is 0. The summed E-state index contributed by atoms with van der Waals surface area (Å²) in [5.74, 6) is 6.60. The number of amides is 1. The zero-order valence-corrected chi connectivity index (χ0v) is 17.8. The van der Waals surface area contributed by atoms with Gasteiger partial charge in [0.15, 0.2) is 6.29 Å². The number of hydrogen-bond acceptors (Lipinski definition) is 4. The maximum Gasteiger partial charge on any atom is 0.407 e. The molecule has 0 spiro atoms. The molecule has 0 aromatic heterocycles. The van der Waals surface area contributed by atoms with E-state index in [-0.39, 0.29) is 12.5 Å². The van der Waals surface area contributed by atoms with E-state index in [1.54, 1.807) is 25.3 Å². The molecular formula is C27H23NO4. The third-order valence-electron chi connectivity index (χ3n) is 5.47. The van der Waals surface area contributed by atoms with Gasteiger partial charge in [0, 0.05) is 30.0 Å². The third kappa shape index (κ3) is 4.50. The first kappa shape index (κ1) is 21.2. The number of fused-ring (bicyclic) bond motifs is 3. The number of carbonyl (C=O) groups excluding carboxylic acids is 2. The smallest absolute Gasteiger partial charge is 0.407 e. The molecule has 1 aliphatic carbocycles. The zero-order chi connectivity index (χ0) is 22.3. The minimum Gasteiger partial charge on any atom is -0.497 e. The van der Waals surface area contributed by atoms with Gasteiger partial charge in [0.05, 0.1) is 7.11 Å². The van der Waals surface area contributed by atoms with Crippen molar-refractivity contribution in [1.29, 1.82) is 0 Å². The van der Waals surface area contributed by atoms with Crippen molar-refractivity contribution >= 4 is 12.4 Å². The summed E-state index contributed by atoms with van der Waals surface area (Å²) in [5.41, 5.74) is 5.84. The quantitative estimate of drug-likeness (QED) is 0.350. The summed E-state index contributed by atoms with van der Waals surface area (Å²) in [5, 5.41) is 2.73. The van der Waals surface area contributed by atoms with Crippen LogP contribution in [-0.4, -0.2) is 32.6 Å². The Hall–Kier alpha value is -4.04. The number of ether oxygens (including phenoxy) is 2. The van der Waals surface area contributed by atoms with E-state index in [0.29, 0.717) is 29.8 Å². The topological polar surface area (TPSA) is 64.6 Å². The second-order valence-corrected chi connectivity index (χ2v) is 7.38. The van der Waals surface area contributed by atoms with Crippen LogP contribution in [0.2, 0.25) is 0 Å². The lowest BCUT2D eigenvalue weighted by Gasteiger charge is -2.14. The van der Waals surface area contributed by atoms with Gasteiger partial charge in [-0.3, -0.25) is 4.79 Å². The van der Waals surface area contributed by atoms with Crippen molar-refractivity contribution in [2.75, 3.05) is 20.3 Å². The molecule has 0 unspecified atom stereocenters. The molecule has 0 saturated carbocycles. The minimum absolute atomic E-state index is 0.0303. The first-order chi connectivity index (χ1) is 15.7. The Bertz CT molecular complexity index is 1160. The van der Waals surface area contributed by atoms with Gasteiger partial charge < -0.3 is 14.8 Å². The maximum atomic E-state index is 12.2. The summed E-state index contributed by atoms with van der Waals surface area (Å²) in [4.78, 5) is 23.4. The molecule has 0 saturated heterocycles. The van der Waals surface area contributed by atoms with Crippen molar-refractivity contribution in [3.63, 3.8) is 0 Å². The van der Waals surface area contributed by atoms with Crippen molar-refractivity contribution in [3.05, 3.63) is 89.0 Å². The van der Waals surface area contributed by atoms with Crippen molar-refractivity contribution in [2.45, 2.75) is 12.3 Å². The standard InChI is InChI=1S/C27H23NO4/c1-31-21-14-13-20(17-29)19(16-21)8-6-7-15-28-27(30)32-18-26-24-11-4-2-9-22(24)23-10-3-5-12-25(23)26/h2-5,9-14,16-17,26H,7,15,18H2,1H3,(H,28,30). The van der Waals surface area contributed by atoms with Gasteiger partial charge in [0.25, 0.3) is 0 Å². The molecule has 5 heteroatoms. The molecule has 1 aliphatic rings. The van der Waals surface area contributed by atoms with Gasteiger partial charge in [0.1, 0.15) is 12.4 Å². The Morgan fingerprint density at radius 2 is 1.72 bits per heavy atom. The van der Waals surface area contributed by atoms with E-state index >= 15 is 0 Å². The van der Waals surface area contributed by atoms with Gasteiger partial charge in [-0.15, -0.1) is 0 Å². The molecule has 0 bridgehead atoms. The third-order valence-corrected chi connectivity index (χ3v) is 5.47. The highest BCUT2D eigenvalue weighted by Gasteiger charge is 2.28. The molecule has 3 aromatic carbocycles. The summed E-state index contributed by atoms with van der Waals surface area (Å²) in [6.07, 6.45) is 0.724. The van der Waals surface area contributed by atoms with Crippen LogP contribution in [0.3, 0.4) is 0 Å². The Balaban J connectivity index is 1.30. The molecule has 160 valence electrons. The number of methoxy groups -OCH3 is 1. The number of hydrogen-bond donors (Lipinski definition) is 1. The van der Waals surface area contributed by atoms with Crippen LogP contribution < -0.4 is 10.1 Å². The normalized spacial score (nSPS) is 11.5. The largest absolute Gasteiger partial charge is 0.497 e. The van der Waals surface area contributed by atoms with Crippen LogP contribution in [0.15, 0.2) is 66.7 Å². The van der Waals surface area contributed by atoms with Crippen LogP contribution in [0.4, 0.5) is 4.79 Å². The number of alkyl carbamates (subject to hydrolysis) is 1. The summed E-state index contributed by atoms with van der Waals surface area (Å²) in [6.45, 7) is 0.627. The Kier molecular flexibility index (Phi) is 6.52. The average Bonchev–Trinajstić information content (AvgIpc) is 3.16. The maximum absolute atomic E-state index is 12.2. The van der Waals surface area contributed by atoms with Gasteiger partial charge in [-0.1, -0.05) is 60.4 Å². The molecule has 0 heterocycles. The molecule has 1 N–H and O–H groups in total. The van der Waals surface area contributed by atoms with E-state index in [1.165, 1.54) is 22.3 Å². The summed E-state index contributed by atoms with van der Waals surface area (Å²) in [6, 6.07) is 21.5. The number of rotatable bonds is 6. The Morgan fingerprint density at radius 1 is 1.03 bits per heavy atom. The fourth-order valence-electron chi connectivity index (χ4n) is 3.91. The highest BCUT2D eigenvalue weighted by molar-refractivity contribution is 5.80. The predicted octanol–water partition coefficient (Wildman–Crippen LogP) is 4.79. The lowest BCUT2D eigenvalue weighted by Crippen LogP contribution is -2.26. The molecule has 0 fully saturated rings. The number of carbonyl (C=O) groups is 2. The predicted molar refractivity (Wildman–Crippen MR) is 123 cm³/mol. The second-order valence-electron chi connectivity index (χ2n) is 7.38. The second kappa shape index (κ2) is 9.84. The highest BCUT2D eigenvalue weighted by atomic mass is 16.5. The lowest BCUT2D eigenvalue weighted by molar-refractivity contribution is 0.112. The fraction of sp³-hybridized carbons (Fsp3) is 0.185. The van der Waals surface area contributed by atoms with Gasteiger partial charge in [-0.25, -0.2) is 4.79 Å². The molecule has 5 nitrogen and oxygen atoms in total. The lowest BCUT2D eigenvalue weighted by atomic mass is 9.98. The molecular weight excluding hydrogens is 402 g/mol. The number of nitrogens with one attached hydrogen (secondary N) is 1. The SMILES string of the molecule is COc1ccc(C=O)c(C#CCCNC(=O)OCC2c3ccccc3-c3ccccc32)c1. The molecule has 1 amide bonds. The zero-order valence-electron chi connectivity index (χ0n) is 17.8. The van der Waals surface area contributed by atoms with Crippen molar-refractivity contribution < 1.29 is 19.1 Å². The Labute approximate surface area is 187 Å². The first-order valence-corrected chi connectivity index (χ1v) is 10.4. The van der Waals surface area contributed by atoms with Crippen molar-refractivity contribution in [2.24, 2.45) is 0 Å². The summed E-state index contributed by atoms with van der Waals surface area (Å²) in [7, 11) is 1.56. The van der Waals surface area contributed by atoms with E-state index in [1.807, 2.05) is 24.3 Å². The molecule has 0 atom stereocenters. The van der Waals surface area contributed by atoms with Crippen LogP contribution >= 0.6 is 0 Å². The fourth-order valence-corrected chi connectivity index (χ4v) is 3.91. The number of aldehydes is 1. The molecule has 3 aromatic rings. The van der Waals surface area contributed by atoms with Gasteiger partial charge in [-0.05, 0) is 40.5 Å². The van der Waals surface area contributed by atoms with Gasteiger partial charge >= 0.3 is 6.09 Å². The number of benzene rings is 3. The van der Waals surface area contributed by atoms with Crippen LogP contribution in [0.5, 0.6) is 5.75 Å². The molecule has 0 aliphatic heterocycles. The van der Waals surface area contributed by atoms with Gasteiger partial charge in [0.2, 0.25) is 0 Å². The molecule has 32 heavy (non-hydrogen) atoms. The van der Waals surface area contributed by atoms with Crippen LogP contribution in [0.25, 0.3) is 11.1 Å². The van der Waals surface area contributed by atoms with Gasteiger partial charge in [-0.2, -0.15) is 0 Å². The van der Waals surface area contributed by atoms with E-state index in [9.17, 15) is 9.59 Å². The molecule has 4 rings (SSSR count). The van der Waals surface area contributed by atoms with Crippen molar-refractivity contribution in [1.82, 2.24) is 5.32 Å². The first-order valence-electron chi connectivity index (χ1n) is 10.4. The van der Waals surface area contributed by atoms with E-state index < -0.39 is 6.09 Å². The average molecular weight is 425 g/mol. The van der Waals surface area contributed by atoms with E-state index in [0.717, 1.165) is 6.29 Å². The van der Waals surface area contributed by atoms with Crippen molar-refractivity contribution in [3.8, 4) is 28.7 Å². The summed E-state index contributed by atoms with van der Waals surface area (Å²) < 4.78 is 10.7. The van der Waals surface area contributed by atoms with E-state index in [4.69, 9.17) is 9.47 Å². The highest BCUT2D eigenvalue weighted by Crippen LogP contribution is 2.44. The van der Waals surface area contributed by atoms with E-state index in [2.05, 4.69) is 41.4 Å². The minimum atomic E-state index is -0.469. The monoisotopic (exact) mass is 425 g/mol.